The van der Waals surface area contributed by atoms with E-state index in [1.807, 2.05) is 42.5 Å². The van der Waals surface area contributed by atoms with Crippen LogP contribution in [0.2, 0.25) is 0 Å². The van der Waals surface area contributed by atoms with Crippen molar-refractivity contribution in [2.45, 2.75) is 13.0 Å². The molecule has 2 aromatic carbocycles. The topological polar surface area (TPSA) is 61.2 Å². The molecule has 0 bridgehead atoms. The van der Waals surface area contributed by atoms with Crippen LogP contribution in [0.3, 0.4) is 0 Å². The first-order chi connectivity index (χ1) is 9.24. The number of benzene rings is 2. The van der Waals surface area contributed by atoms with E-state index in [1.165, 1.54) is 0 Å². The average molecular weight is 254 g/mol. The summed E-state index contributed by atoms with van der Waals surface area (Å²) in [5, 5.41) is 0. The molecule has 0 aliphatic carbocycles. The van der Waals surface area contributed by atoms with Gasteiger partial charge >= 0.3 is 5.76 Å². The van der Waals surface area contributed by atoms with Gasteiger partial charge in [0.25, 0.3) is 0 Å². The monoisotopic (exact) mass is 254 g/mol. The number of hydrogen-bond donors (Lipinski definition) is 1. The van der Waals surface area contributed by atoms with E-state index in [0.29, 0.717) is 12.1 Å². The number of aromatic nitrogens is 1. The summed E-state index contributed by atoms with van der Waals surface area (Å²) in [5.41, 5.74) is 9.00. The Balaban J connectivity index is 1.87. The van der Waals surface area contributed by atoms with E-state index in [1.54, 1.807) is 10.6 Å². The second-order valence-corrected chi connectivity index (χ2v) is 4.48. The van der Waals surface area contributed by atoms with Crippen molar-refractivity contribution in [2.75, 3.05) is 5.73 Å². The number of fused-ring (bicyclic) bond motifs is 1. The number of nitrogens with two attached hydrogens (primary N) is 1. The van der Waals surface area contributed by atoms with E-state index in [0.717, 1.165) is 23.2 Å². The van der Waals surface area contributed by atoms with Gasteiger partial charge < -0.3 is 10.2 Å². The van der Waals surface area contributed by atoms with E-state index in [9.17, 15) is 4.79 Å². The maximum Gasteiger partial charge on any atom is 0.419 e. The molecule has 0 atom stereocenters. The zero-order valence-corrected chi connectivity index (χ0v) is 10.4. The fourth-order valence-electron chi connectivity index (χ4n) is 2.15. The van der Waals surface area contributed by atoms with E-state index < -0.39 is 0 Å². The minimum Gasteiger partial charge on any atom is -0.408 e. The summed E-state index contributed by atoms with van der Waals surface area (Å²) in [4.78, 5) is 11.8. The largest absolute Gasteiger partial charge is 0.419 e. The highest BCUT2D eigenvalue weighted by atomic mass is 16.4. The predicted molar refractivity (Wildman–Crippen MR) is 75.0 cm³/mol. The Morgan fingerprint density at radius 2 is 1.79 bits per heavy atom. The van der Waals surface area contributed by atoms with Gasteiger partial charge in [0, 0.05) is 12.2 Å². The lowest BCUT2D eigenvalue weighted by Gasteiger charge is -2.03. The Kier molecular flexibility index (Phi) is 2.83. The molecule has 3 rings (SSSR count). The summed E-state index contributed by atoms with van der Waals surface area (Å²) in [6.45, 7) is 0.597. The highest BCUT2D eigenvalue weighted by Crippen LogP contribution is 2.13. The molecule has 0 aliphatic rings. The standard InChI is InChI=1S/C15H14N2O2/c16-12-7-5-11(6-8-12)9-10-17-13-3-1-2-4-14(13)19-15(17)18/h1-8H,9-10,16H2. The number of aryl methyl sites for hydroxylation is 2. The maximum atomic E-state index is 11.8. The van der Waals surface area contributed by atoms with Crippen molar-refractivity contribution < 1.29 is 4.42 Å². The van der Waals surface area contributed by atoms with Crippen LogP contribution < -0.4 is 11.5 Å². The third kappa shape index (κ3) is 2.25. The number of hydrogen-bond acceptors (Lipinski definition) is 3. The Morgan fingerprint density at radius 3 is 2.58 bits per heavy atom. The minimum absolute atomic E-state index is 0.309. The van der Waals surface area contributed by atoms with Gasteiger partial charge in [0.15, 0.2) is 5.58 Å². The summed E-state index contributed by atoms with van der Waals surface area (Å²) in [6, 6.07) is 15.1. The highest BCUT2D eigenvalue weighted by Gasteiger charge is 2.07. The van der Waals surface area contributed by atoms with Crippen molar-refractivity contribution in [3.63, 3.8) is 0 Å². The molecule has 0 unspecified atom stereocenters. The fraction of sp³-hybridized carbons (Fsp3) is 0.133. The molecular formula is C15H14N2O2. The first kappa shape index (κ1) is 11.6. The van der Waals surface area contributed by atoms with Crippen LogP contribution in [-0.2, 0) is 13.0 Å². The maximum absolute atomic E-state index is 11.8. The zero-order valence-electron chi connectivity index (χ0n) is 10.4. The highest BCUT2D eigenvalue weighted by molar-refractivity contribution is 5.72. The number of oxazole rings is 1. The molecule has 1 aromatic heterocycles. The van der Waals surface area contributed by atoms with Crippen LogP contribution in [0.1, 0.15) is 5.56 Å². The van der Waals surface area contributed by atoms with Gasteiger partial charge in [-0.15, -0.1) is 0 Å². The Labute approximate surface area is 110 Å². The van der Waals surface area contributed by atoms with Crippen molar-refractivity contribution in [2.24, 2.45) is 0 Å². The van der Waals surface area contributed by atoms with Crippen molar-refractivity contribution in [3.05, 3.63) is 64.6 Å². The first-order valence-electron chi connectivity index (χ1n) is 6.17. The predicted octanol–water partition coefficient (Wildman–Crippen LogP) is 2.42. The number of para-hydroxylation sites is 2. The van der Waals surface area contributed by atoms with Gasteiger partial charge in [0.05, 0.1) is 5.52 Å². The molecule has 19 heavy (non-hydrogen) atoms. The van der Waals surface area contributed by atoms with Crippen molar-refractivity contribution in [1.82, 2.24) is 4.57 Å². The minimum atomic E-state index is -0.309. The van der Waals surface area contributed by atoms with E-state index in [-0.39, 0.29) is 5.76 Å². The third-order valence-corrected chi connectivity index (χ3v) is 3.18. The first-order valence-corrected chi connectivity index (χ1v) is 6.17. The van der Waals surface area contributed by atoms with Crippen molar-refractivity contribution in [3.8, 4) is 0 Å². The van der Waals surface area contributed by atoms with Crippen molar-refractivity contribution in [1.29, 1.82) is 0 Å². The van der Waals surface area contributed by atoms with Crippen LogP contribution in [0.15, 0.2) is 57.7 Å². The van der Waals surface area contributed by atoms with Crippen LogP contribution in [0.5, 0.6) is 0 Å². The van der Waals surface area contributed by atoms with Crippen LogP contribution in [0, 0.1) is 0 Å². The number of rotatable bonds is 3. The third-order valence-electron chi connectivity index (χ3n) is 3.18. The Hall–Kier alpha value is -2.49. The SMILES string of the molecule is Nc1ccc(CCn2c(=O)oc3ccccc32)cc1. The van der Waals surface area contributed by atoms with Crippen LogP contribution in [-0.4, -0.2) is 4.57 Å². The van der Waals surface area contributed by atoms with Crippen LogP contribution in [0.25, 0.3) is 11.1 Å². The van der Waals surface area contributed by atoms with Gasteiger partial charge in [-0.1, -0.05) is 24.3 Å². The fourth-order valence-corrected chi connectivity index (χ4v) is 2.15. The normalized spacial score (nSPS) is 10.9. The van der Waals surface area contributed by atoms with E-state index >= 15 is 0 Å². The van der Waals surface area contributed by atoms with E-state index in [4.69, 9.17) is 10.2 Å². The lowest BCUT2D eigenvalue weighted by molar-refractivity contribution is 0.505. The Morgan fingerprint density at radius 1 is 1.05 bits per heavy atom. The molecule has 0 fully saturated rings. The second kappa shape index (κ2) is 4.65. The molecule has 3 aromatic rings. The second-order valence-electron chi connectivity index (χ2n) is 4.48. The van der Waals surface area contributed by atoms with E-state index in [2.05, 4.69) is 0 Å². The van der Waals surface area contributed by atoms with Crippen LogP contribution in [0.4, 0.5) is 5.69 Å². The summed E-state index contributed by atoms with van der Waals surface area (Å²) in [6.07, 6.45) is 0.768. The van der Waals surface area contributed by atoms with Gasteiger partial charge in [0.1, 0.15) is 0 Å². The van der Waals surface area contributed by atoms with Gasteiger partial charge in [-0.3, -0.25) is 4.57 Å². The molecule has 2 N–H and O–H groups in total. The molecule has 96 valence electrons. The van der Waals surface area contributed by atoms with Gasteiger partial charge in [-0.25, -0.2) is 4.79 Å². The summed E-state index contributed by atoms with van der Waals surface area (Å²) < 4.78 is 6.85. The molecule has 4 nitrogen and oxygen atoms in total. The molecule has 0 saturated carbocycles. The molecular weight excluding hydrogens is 240 g/mol. The van der Waals surface area contributed by atoms with Crippen LogP contribution >= 0.6 is 0 Å². The molecule has 0 aliphatic heterocycles. The molecule has 1 heterocycles. The summed E-state index contributed by atoms with van der Waals surface area (Å²) >= 11 is 0. The lowest BCUT2D eigenvalue weighted by Crippen LogP contribution is -2.15. The van der Waals surface area contributed by atoms with Gasteiger partial charge in [0.2, 0.25) is 0 Å². The number of nitrogens with zero attached hydrogens (tertiary/aromatic N) is 1. The molecule has 0 radical (unpaired) electrons. The molecule has 0 saturated heterocycles. The lowest BCUT2D eigenvalue weighted by atomic mass is 10.1. The average Bonchev–Trinajstić information content (AvgIpc) is 2.74. The number of nitrogen functional groups attached to an aromatic ring is 1. The number of anilines is 1. The Bertz CT molecular complexity index is 754. The summed E-state index contributed by atoms with van der Waals surface area (Å²) in [7, 11) is 0. The van der Waals surface area contributed by atoms with Gasteiger partial charge in [-0.2, -0.15) is 0 Å². The zero-order chi connectivity index (χ0) is 13.2. The molecule has 4 heteroatoms. The molecule has 0 amide bonds. The quantitative estimate of drug-likeness (QED) is 0.730. The van der Waals surface area contributed by atoms with Crippen molar-refractivity contribution >= 4 is 16.8 Å². The molecule has 0 spiro atoms. The van der Waals surface area contributed by atoms with Gasteiger partial charge in [-0.05, 0) is 36.2 Å². The smallest absolute Gasteiger partial charge is 0.408 e. The summed E-state index contributed by atoms with van der Waals surface area (Å²) in [5.74, 6) is -0.309.